The number of aliphatic hydroxyl groups excluding tert-OH is 1. The van der Waals surface area contributed by atoms with Crippen LogP contribution < -0.4 is 5.32 Å². The van der Waals surface area contributed by atoms with Crippen LogP contribution in [0.5, 0.6) is 0 Å². The summed E-state index contributed by atoms with van der Waals surface area (Å²) < 4.78 is 7.08. The van der Waals surface area contributed by atoms with E-state index in [1.165, 1.54) is 0 Å². The van der Waals surface area contributed by atoms with Crippen LogP contribution >= 0.6 is 0 Å². The zero-order valence-corrected chi connectivity index (χ0v) is 10.9. The van der Waals surface area contributed by atoms with Gasteiger partial charge in [-0.1, -0.05) is 0 Å². The van der Waals surface area contributed by atoms with Crippen molar-refractivity contribution in [3.05, 3.63) is 18.0 Å². The van der Waals surface area contributed by atoms with Crippen LogP contribution in [0.2, 0.25) is 0 Å². The van der Waals surface area contributed by atoms with Crippen molar-refractivity contribution in [1.82, 2.24) is 15.1 Å². The fraction of sp³-hybridized carbons (Fsp3) is 0.750. The van der Waals surface area contributed by atoms with E-state index in [9.17, 15) is 0 Å². The minimum atomic E-state index is -0.197. The molecule has 0 radical (unpaired) electrons. The number of hydrogen-bond acceptors (Lipinski definition) is 4. The highest BCUT2D eigenvalue weighted by Crippen LogP contribution is 2.11. The van der Waals surface area contributed by atoms with Gasteiger partial charge in [0.15, 0.2) is 0 Å². The molecule has 1 aromatic rings. The third-order valence-electron chi connectivity index (χ3n) is 2.86. The van der Waals surface area contributed by atoms with Gasteiger partial charge in [-0.05, 0) is 20.3 Å². The van der Waals surface area contributed by atoms with E-state index in [1.807, 2.05) is 17.1 Å². The van der Waals surface area contributed by atoms with Gasteiger partial charge in [0, 0.05) is 44.1 Å². The van der Waals surface area contributed by atoms with Crippen LogP contribution in [0.4, 0.5) is 0 Å². The van der Waals surface area contributed by atoms with E-state index in [4.69, 9.17) is 9.84 Å². The van der Waals surface area contributed by atoms with E-state index >= 15 is 0 Å². The lowest BCUT2D eigenvalue weighted by Gasteiger charge is -2.29. The summed E-state index contributed by atoms with van der Waals surface area (Å²) in [6, 6.07) is 0. The second-order valence-corrected chi connectivity index (χ2v) is 4.53. The van der Waals surface area contributed by atoms with Gasteiger partial charge in [0.1, 0.15) is 0 Å². The molecule has 1 heterocycles. The van der Waals surface area contributed by atoms with Gasteiger partial charge in [-0.2, -0.15) is 5.10 Å². The first-order valence-corrected chi connectivity index (χ1v) is 5.99. The smallest absolute Gasteiger partial charge is 0.0642 e. The van der Waals surface area contributed by atoms with Crippen LogP contribution in [0.15, 0.2) is 12.4 Å². The Morgan fingerprint density at radius 1 is 1.59 bits per heavy atom. The quantitative estimate of drug-likeness (QED) is 0.706. The first-order chi connectivity index (χ1) is 8.13. The number of aryl methyl sites for hydroxylation is 1. The first kappa shape index (κ1) is 14.2. The Balaban J connectivity index is 2.50. The molecule has 0 aromatic carbocycles. The number of ether oxygens (including phenoxy) is 1. The summed E-state index contributed by atoms with van der Waals surface area (Å²) >= 11 is 0. The van der Waals surface area contributed by atoms with E-state index < -0.39 is 0 Å². The topological polar surface area (TPSA) is 59.3 Å². The molecule has 0 aliphatic carbocycles. The van der Waals surface area contributed by atoms with Crippen molar-refractivity contribution in [2.24, 2.45) is 0 Å². The molecule has 5 nitrogen and oxygen atoms in total. The molecule has 1 aromatic heterocycles. The molecule has 1 unspecified atom stereocenters. The van der Waals surface area contributed by atoms with Gasteiger partial charge in [-0.15, -0.1) is 0 Å². The van der Waals surface area contributed by atoms with Crippen LogP contribution in [0, 0.1) is 0 Å². The summed E-state index contributed by atoms with van der Waals surface area (Å²) in [6.07, 6.45) is 4.56. The minimum absolute atomic E-state index is 0.154. The van der Waals surface area contributed by atoms with Gasteiger partial charge in [-0.3, -0.25) is 4.68 Å². The largest absolute Gasteiger partial charge is 0.396 e. The number of aromatic nitrogens is 2. The number of nitrogens with one attached hydrogen (secondary N) is 1. The van der Waals surface area contributed by atoms with Crippen LogP contribution in [-0.2, 0) is 17.8 Å². The Morgan fingerprint density at radius 2 is 2.35 bits per heavy atom. The van der Waals surface area contributed by atoms with Gasteiger partial charge in [-0.25, -0.2) is 0 Å². The van der Waals surface area contributed by atoms with Gasteiger partial charge in [0.2, 0.25) is 0 Å². The predicted octanol–water partition coefficient (Wildman–Crippen LogP) is 0.780. The average Bonchev–Trinajstić information content (AvgIpc) is 2.75. The third kappa shape index (κ3) is 4.46. The molecular formula is C12H23N3O2. The lowest BCUT2D eigenvalue weighted by atomic mass is 9.99. The molecule has 0 spiro atoms. The van der Waals surface area contributed by atoms with Gasteiger partial charge >= 0.3 is 0 Å². The Kier molecular flexibility index (Phi) is 5.61. The first-order valence-electron chi connectivity index (χ1n) is 5.99. The van der Waals surface area contributed by atoms with Gasteiger partial charge in [0.05, 0.1) is 12.8 Å². The second kappa shape index (κ2) is 6.74. The van der Waals surface area contributed by atoms with E-state index in [-0.39, 0.29) is 12.1 Å². The van der Waals surface area contributed by atoms with Gasteiger partial charge < -0.3 is 15.2 Å². The maximum Gasteiger partial charge on any atom is 0.0642 e. The molecule has 0 saturated heterocycles. The molecule has 98 valence electrons. The molecule has 5 heteroatoms. The minimum Gasteiger partial charge on any atom is -0.396 e. The molecule has 0 saturated carbocycles. The predicted molar refractivity (Wildman–Crippen MR) is 66.7 cm³/mol. The van der Waals surface area contributed by atoms with E-state index in [1.54, 1.807) is 7.11 Å². The summed E-state index contributed by atoms with van der Waals surface area (Å²) in [5.41, 5.74) is 0.949. The van der Waals surface area contributed by atoms with Crippen LogP contribution in [0.1, 0.15) is 25.8 Å². The number of aliphatic hydroxyl groups is 1. The molecule has 0 amide bonds. The number of nitrogens with zero attached hydrogens (tertiary/aromatic N) is 2. The molecule has 0 aliphatic rings. The zero-order valence-electron chi connectivity index (χ0n) is 10.9. The summed E-state index contributed by atoms with van der Waals surface area (Å²) in [5.74, 6) is 0. The summed E-state index contributed by atoms with van der Waals surface area (Å²) in [5, 5.41) is 16.7. The van der Waals surface area contributed by atoms with Crippen molar-refractivity contribution in [3.63, 3.8) is 0 Å². The molecule has 1 rings (SSSR count). The molecular weight excluding hydrogens is 218 g/mol. The van der Waals surface area contributed by atoms with E-state index in [0.717, 1.165) is 18.7 Å². The fourth-order valence-corrected chi connectivity index (χ4v) is 1.76. The number of methoxy groups -OCH3 is 1. The maximum absolute atomic E-state index is 9.06. The van der Waals surface area contributed by atoms with Crippen molar-refractivity contribution in [2.75, 3.05) is 20.3 Å². The van der Waals surface area contributed by atoms with Crippen molar-refractivity contribution >= 4 is 0 Å². The SMILES string of the molecule is CCn1cc(CNC(C)(CCO)COC)cn1. The van der Waals surface area contributed by atoms with Crippen LogP contribution in [-0.4, -0.2) is 40.7 Å². The number of hydrogen-bond donors (Lipinski definition) is 2. The van der Waals surface area contributed by atoms with Gasteiger partial charge in [0.25, 0.3) is 0 Å². The molecule has 2 N–H and O–H groups in total. The molecule has 17 heavy (non-hydrogen) atoms. The Bertz CT molecular complexity index is 319. The van der Waals surface area contributed by atoms with E-state index in [2.05, 4.69) is 24.3 Å². The van der Waals surface area contributed by atoms with Crippen molar-refractivity contribution in [2.45, 2.75) is 38.9 Å². The number of rotatable bonds is 8. The summed E-state index contributed by atoms with van der Waals surface area (Å²) in [4.78, 5) is 0. The molecule has 0 fully saturated rings. The van der Waals surface area contributed by atoms with Crippen molar-refractivity contribution < 1.29 is 9.84 Å². The highest BCUT2D eigenvalue weighted by Gasteiger charge is 2.22. The van der Waals surface area contributed by atoms with Crippen molar-refractivity contribution in [1.29, 1.82) is 0 Å². The lowest BCUT2D eigenvalue weighted by Crippen LogP contribution is -2.46. The molecule has 1 atom stereocenters. The molecule has 0 bridgehead atoms. The summed E-state index contributed by atoms with van der Waals surface area (Å²) in [6.45, 7) is 6.46. The maximum atomic E-state index is 9.06. The molecule has 0 aliphatic heterocycles. The average molecular weight is 241 g/mol. The normalized spacial score (nSPS) is 14.8. The highest BCUT2D eigenvalue weighted by atomic mass is 16.5. The monoisotopic (exact) mass is 241 g/mol. The van der Waals surface area contributed by atoms with Crippen molar-refractivity contribution in [3.8, 4) is 0 Å². The third-order valence-corrected chi connectivity index (χ3v) is 2.86. The Hall–Kier alpha value is -0.910. The highest BCUT2D eigenvalue weighted by molar-refractivity contribution is 5.04. The standard InChI is InChI=1S/C12H23N3O2/c1-4-15-9-11(8-14-15)7-13-12(2,5-6-16)10-17-3/h8-9,13,16H,4-7,10H2,1-3H3. The fourth-order valence-electron chi connectivity index (χ4n) is 1.76. The Morgan fingerprint density at radius 3 is 2.88 bits per heavy atom. The van der Waals surface area contributed by atoms with E-state index in [0.29, 0.717) is 13.0 Å². The second-order valence-electron chi connectivity index (χ2n) is 4.53. The summed E-state index contributed by atoms with van der Waals surface area (Å²) in [7, 11) is 1.67. The van der Waals surface area contributed by atoms with Crippen LogP contribution in [0.25, 0.3) is 0 Å². The van der Waals surface area contributed by atoms with Crippen LogP contribution in [0.3, 0.4) is 0 Å². The zero-order chi connectivity index (χ0) is 12.7. The Labute approximate surface area is 103 Å². The lowest BCUT2D eigenvalue weighted by molar-refractivity contribution is 0.0969.